The maximum atomic E-state index is 12.9. The molecule has 0 atom stereocenters. The van der Waals surface area contributed by atoms with E-state index in [4.69, 9.17) is 4.74 Å². The number of benzene rings is 1. The molecule has 1 amide bonds. The van der Waals surface area contributed by atoms with Crippen LogP contribution in [0, 0.1) is 6.92 Å². The summed E-state index contributed by atoms with van der Waals surface area (Å²) in [5.41, 5.74) is 2.47. The zero-order chi connectivity index (χ0) is 21.8. The smallest absolute Gasteiger partial charge is 0.348 e. The lowest BCUT2D eigenvalue weighted by atomic mass is 10.1. The van der Waals surface area contributed by atoms with E-state index in [0.29, 0.717) is 27.2 Å². The van der Waals surface area contributed by atoms with Crippen LogP contribution in [0.5, 0.6) is 0 Å². The largest absolute Gasteiger partial charge is 0.462 e. The zero-order valence-corrected chi connectivity index (χ0v) is 18.4. The Morgan fingerprint density at radius 3 is 2.47 bits per heavy atom. The van der Waals surface area contributed by atoms with Crippen molar-refractivity contribution in [1.29, 1.82) is 0 Å². The highest BCUT2D eigenvalue weighted by Gasteiger charge is 2.21. The first-order valence-electron chi connectivity index (χ1n) is 9.83. The number of thiophene rings is 1. The van der Waals surface area contributed by atoms with Gasteiger partial charge < -0.3 is 9.64 Å². The fourth-order valence-corrected chi connectivity index (χ4v) is 4.21. The van der Waals surface area contributed by atoms with Gasteiger partial charge in [-0.2, -0.15) is 0 Å². The van der Waals surface area contributed by atoms with Gasteiger partial charge in [-0.3, -0.25) is 14.2 Å². The highest BCUT2D eigenvalue weighted by Crippen LogP contribution is 2.27. The van der Waals surface area contributed by atoms with Crippen molar-refractivity contribution in [3.05, 3.63) is 62.5 Å². The number of aryl methyl sites for hydroxylation is 2. The second kappa shape index (κ2) is 9.21. The molecule has 0 saturated carbocycles. The predicted octanol–water partition coefficient (Wildman–Crippen LogP) is 3.16. The van der Waals surface area contributed by atoms with Crippen LogP contribution in [0.1, 0.15) is 40.2 Å². The fraction of sp³-hybridized carbons (Fsp3) is 0.364. The van der Waals surface area contributed by atoms with Gasteiger partial charge in [0.15, 0.2) is 0 Å². The summed E-state index contributed by atoms with van der Waals surface area (Å²) in [6, 6.07) is 8.12. The van der Waals surface area contributed by atoms with Gasteiger partial charge in [-0.1, -0.05) is 31.2 Å². The van der Waals surface area contributed by atoms with Gasteiger partial charge in [-0.15, -0.1) is 11.3 Å². The summed E-state index contributed by atoms with van der Waals surface area (Å²) in [5.74, 6) is -0.662. The van der Waals surface area contributed by atoms with Crippen LogP contribution < -0.4 is 5.56 Å². The molecule has 0 aliphatic carbocycles. The van der Waals surface area contributed by atoms with Crippen LogP contribution in [0.25, 0.3) is 10.2 Å². The number of hydrogen-bond donors (Lipinski definition) is 0. The van der Waals surface area contributed by atoms with Crippen molar-refractivity contribution in [2.24, 2.45) is 0 Å². The van der Waals surface area contributed by atoms with E-state index in [9.17, 15) is 14.4 Å². The molecule has 0 fully saturated rings. The summed E-state index contributed by atoms with van der Waals surface area (Å²) in [5, 5.41) is 0.358. The number of amides is 1. The molecule has 3 rings (SSSR count). The number of nitrogens with zero attached hydrogens (tertiary/aromatic N) is 3. The average Bonchev–Trinajstić information content (AvgIpc) is 3.08. The highest BCUT2D eigenvalue weighted by molar-refractivity contribution is 7.20. The molecule has 8 heteroatoms. The van der Waals surface area contributed by atoms with Gasteiger partial charge in [-0.05, 0) is 37.0 Å². The standard InChI is InChI=1S/C22H25N3O4S/c1-5-15-7-9-16(10-8-15)11-24(4)17(26)12-25-13-23-20-18(21(25)27)14(3)19(30-20)22(28)29-6-2/h7-10,13H,5-6,11-12H2,1-4H3. The lowest BCUT2D eigenvalue weighted by Crippen LogP contribution is -2.33. The molecule has 0 N–H and O–H groups in total. The number of likely N-dealkylation sites (N-methyl/N-ethyl adjacent to an activating group) is 1. The van der Waals surface area contributed by atoms with Crippen LogP contribution in [-0.2, 0) is 29.0 Å². The number of ether oxygens (including phenoxy) is 1. The summed E-state index contributed by atoms with van der Waals surface area (Å²) in [6.45, 7) is 6.12. The quantitative estimate of drug-likeness (QED) is 0.541. The number of rotatable bonds is 7. The monoisotopic (exact) mass is 427 g/mol. The van der Waals surface area contributed by atoms with Gasteiger partial charge in [0.25, 0.3) is 5.56 Å². The summed E-state index contributed by atoms with van der Waals surface area (Å²) >= 11 is 1.13. The molecule has 2 heterocycles. The minimum absolute atomic E-state index is 0.116. The van der Waals surface area contributed by atoms with Gasteiger partial charge in [0.05, 0.1) is 18.3 Å². The van der Waals surface area contributed by atoms with E-state index in [1.807, 2.05) is 12.1 Å². The lowest BCUT2D eigenvalue weighted by Gasteiger charge is -2.18. The Kier molecular flexibility index (Phi) is 6.66. The van der Waals surface area contributed by atoms with Crippen molar-refractivity contribution in [3.63, 3.8) is 0 Å². The van der Waals surface area contributed by atoms with Crippen molar-refractivity contribution in [2.75, 3.05) is 13.7 Å². The Hall–Kier alpha value is -3.00. The molecule has 1 aromatic carbocycles. The van der Waals surface area contributed by atoms with E-state index >= 15 is 0 Å². The molecule has 158 valence electrons. The summed E-state index contributed by atoms with van der Waals surface area (Å²) < 4.78 is 6.34. The molecule has 0 bridgehead atoms. The van der Waals surface area contributed by atoms with Crippen LogP contribution in [0.4, 0.5) is 0 Å². The van der Waals surface area contributed by atoms with E-state index in [1.165, 1.54) is 16.5 Å². The van der Waals surface area contributed by atoms with Gasteiger partial charge in [0.1, 0.15) is 16.3 Å². The zero-order valence-electron chi connectivity index (χ0n) is 17.6. The van der Waals surface area contributed by atoms with Crippen LogP contribution >= 0.6 is 11.3 Å². The van der Waals surface area contributed by atoms with Crippen molar-refractivity contribution >= 4 is 33.4 Å². The first-order valence-corrected chi connectivity index (χ1v) is 10.6. The summed E-state index contributed by atoms with van der Waals surface area (Å²) in [6.07, 6.45) is 2.32. The number of carbonyl (C=O) groups excluding carboxylic acids is 2. The average molecular weight is 428 g/mol. The fourth-order valence-electron chi connectivity index (χ4n) is 3.17. The number of esters is 1. The molecule has 7 nitrogen and oxygen atoms in total. The third kappa shape index (κ3) is 4.43. The predicted molar refractivity (Wildman–Crippen MR) is 117 cm³/mol. The number of fused-ring (bicyclic) bond motifs is 1. The minimum atomic E-state index is -0.464. The Balaban J connectivity index is 1.79. The first-order chi connectivity index (χ1) is 14.3. The molecular formula is C22H25N3O4S. The number of hydrogen-bond acceptors (Lipinski definition) is 6. The Morgan fingerprint density at radius 1 is 1.17 bits per heavy atom. The van der Waals surface area contributed by atoms with Crippen LogP contribution in [0.3, 0.4) is 0 Å². The van der Waals surface area contributed by atoms with Gasteiger partial charge >= 0.3 is 5.97 Å². The number of carbonyl (C=O) groups is 2. The van der Waals surface area contributed by atoms with E-state index in [1.54, 1.807) is 25.8 Å². The van der Waals surface area contributed by atoms with Gasteiger partial charge in [-0.25, -0.2) is 9.78 Å². The van der Waals surface area contributed by atoms with Gasteiger partial charge in [0, 0.05) is 13.6 Å². The molecule has 2 aromatic heterocycles. The maximum absolute atomic E-state index is 12.9. The topological polar surface area (TPSA) is 81.5 Å². The van der Waals surface area contributed by atoms with Crippen LogP contribution in [-0.4, -0.2) is 40.0 Å². The van der Waals surface area contributed by atoms with Crippen molar-refractivity contribution in [1.82, 2.24) is 14.5 Å². The second-order valence-corrected chi connectivity index (χ2v) is 8.05. The molecule has 0 unspecified atom stereocenters. The van der Waals surface area contributed by atoms with Crippen LogP contribution in [0.15, 0.2) is 35.4 Å². The number of aromatic nitrogens is 2. The summed E-state index contributed by atoms with van der Waals surface area (Å²) in [4.78, 5) is 44.4. The molecule has 0 aliphatic heterocycles. The third-order valence-corrected chi connectivity index (χ3v) is 6.14. The van der Waals surface area contributed by atoms with Crippen molar-refractivity contribution in [3.8, 4) is 0 Å². The van der Waals surface area contributed by atoms with Crippen molar-refractivity contribution in [2.45, 2.75) is 40.3 Å². The minimum Gasteiger partial charge on any atom is -0.462 e. The molecule has 30 heavy (non-hydrogen) atoms. The van der Waals surface area contributed by atoms with Crippen molar-refractivity contribution < 1.29 is 14.3 Å². The summed E-state index contributed by atoms with van der Waals surface area (Å²) in [7, 11) is 1.71. The molecule has 0 spiro atoms. The van der Waals surface area contributed by atoms with E-state index in [-0.39, 0.29) is 24.6 Å². The first kappa shape index (κ1) is 21.7. The third-order valence-electron chi connectivity index (χ3n) is 4.96. The highest BCUT2D eigenvalue weighted by atomic mass is 32.1. The normalized spacial score (nSPS) is 10.9. The molecule has 3 aromatic rings. The molecule has 0 saturated heterocycles. The maximum Gasteiger partial charge on any atom is 0.348 e. The molecular weight excluding hydrogens is 402 g/mol. The van der Waals surface area contributed by atoms with Crippen LogP contribution in [0.2, 0.25) is 0 Å². The molecule has 0 radical (unpaired) electrons. The lowest BCUT2D eigenvalue weighted by molar-refractivity contribution is -0.131. The molecule has 0 aliphatic rings. The van der Waals surface area contributed by atoms with Gasteiger partial charge in [0.2, 0.25) is 5.91 Å². The SMILES string of the molecule is CCOC(=O)c1sc2ncn(CC(=O)N(C)Cc3ccc(CC)cc3)c(=O)c2c1C. The van der Waals surface area contributed by atoms with E-state index in [0.717, 1.165) is 23.3 Å². The van der Waals surface area contributed by atoms with E-state index < -0.39 is 5.97 Å². The Bertz CT molecular complexity index is 1130. The second-order valence-electron chi connectivity index (χ2n) is 7.05. The Labute approximate surface area is 178 Å². The van der Waals surface area contributed by atoms with E-state index in [2.05, 4.69) is 24.0 Å². The Morgan fingerprint density at radius 2 is 1.83 bits per heavy atom.